The average Bonchev–Trinajstić information content (AvgIpc) is 1.99. The molecule has 1 saturated carbocycles. The van der Waals surface area contributed by atoms with Crippen molar-refractivity contribution in [1.82, 2.24) is 10.6 Å². The standard InChI is InChI=1S/C9H19IN2O/c1-3-13-6-11-8-4-9(5-8)12-7(2)10/h7-9,11-12H,3-6H2,1-2H3. The minimum Gasteiger partial charge on any atom is -0.367 e. The molecular weight excluding hydrogens is 279 g/mol. The van der Waals surface area contributed by atoms with E-state index in [1.54, 1.807) is 0 Å². The first-order chi connectivity index (χ1) is 6.22. The molecule has 0 amide bonds. The van der Waals surface area contributed by atoms with Crippen LogP contribution in [-0.4, -0.2) is 29.5 Å². The number of hydrogen-bond donors (Lipinski definition) is 2. The van der Waals surface area contributed by atoms with E-state index in [0.717, 1.165) is 6.61 Å². The molecule has 0 aromatic carbocycles. The summed E-state index contributed by atoms with van der Waals surface area (Å²) < 4.78 is 5.80. The van der Waals surface area contributed by atoms with E-state index < -0.39 is 0 Å². The molecule has 0 radical (unpaired) electrons. The van der Waals surface area contributed by atoms with Crippen LogP contribution in [0.3, 0.4) is 0 Å². The first-order valence-electron chi connectivity index (χ1n) is 4.93. The molecule has 0 aromatic rings. The minimum absolute atomic E-state index is 0.579. The van der Waals surface area contributed by atoms with Gasteiger partial charge in [-0.1, -0.05) is 22.6 Å². The topological polar surface area (TPSA) is 33.3 Å². The zero-order valence-corrected chi connectivity index (χ0v) is 10.5. The molecule has 2 N–H and O–H groups in total. The number of nitrogens with one attached hydrogen (secondary N) is 2. The number of halogens is 1. The third-order valence-electron chi connectivity index (χ3n) is 2.28. The van der Waals surface area contributed by atoms with Crippen LogP contribution in [0.1, 0.15) is 26.7 Å². The molecule has 0 saturated heterocycles. The van der Waals surface area contributed by atoms with E-state index in [-0.39, 0.29) is 0 Å². The molecule has 0 aromatic heterocycles. The maximum Gasteiger partial charge on any atom is 0.0967 e. The smallest absolute Gasteiger partial charge is 0.0967 e. The summed E-state index contributed by atoms with van der Waals surface area (Å²) in [5, 5.41) is 6.86. The molecule has 0 heterocycles. The van der Waals surface area contributed by atoms with Gasteiger partial charge in [0.1, 0.15) is 0 Å². The van der Waals surface area contributed by atoms with Crippen LogP contribution in [0.4, 0.5) is 0 Å². The van der Waals surface area contributed by atoms with Gasteiger partial charge in [0.05, 0.1) is 10.8 Å². The average molecular weight is 298 g/mol. The molecule has 1 aliphatic rings. The van der Waals surface area contributed by atoms with Crippen molar-refractivity contribution in [3.05, 3.63) is 0 Å². The lowest BCUT2D eigenvalue weighted by Crippen LogP contribution is -2.52. The van der Waals surface area contributed by atoms with Gasteiger partial charge in [0.25, 0.3) is 0 Å². The Morgan fingerprint density at radius 3 is 2.69 bits per heavy atom. The summed E-state index contributed by atoms with van der Waals surface area (Å²) in [5.41, 5.74) is 0. The van der Waals surface area contributed by atoms with Crippen molar-refractivity contribution in [1.29, 1.82) is 0 Å². The Bertz CT molecular complexity index is 138. The Kier molecular flexibility index (Phi) is 5.54. The van der Waals surface area contributed by atoms with E-state index in [4.69, 9.17) is 4.74 Å². The number of rotatable bonds is 6. The van der Waals surface area contributed by atoms with Gasteiger partial charge in [0.15, 0.2) is 0 Å². The maximum absolute atomic E-state index is 5.22. The quantitative estimate of drug-likeness (QED) is 0.256. The minimum atomic E-state index is 0.579. The molecule has 13 heavy (non-hydrogen) atoms. The highest BCUT2D eigenvalue weighted by molar-refractivity contribution is 14.1. The summed E-state index contributed by atoms with van der Waals surface area (Å²) in [7, 11) is 0. The maximum atomic E-state index is 5.22. The second kappa shape index (κ2) is 6.16. The van der Waals surface area contributed by atoms with E-state index in [0.29, 0.717) is 22.9 Å². The van der Waals surface area contributed by atoms with Gasteiger partial charge in [-0.25, -0.2) is 0 Å². The van der Waals surface area contributed by atoms with E-state index in [1.165, 1.54) is 12.8 Å². The molecule has 1 rings (SSSR count). The Labute approximate surface area is 94.1 Å². The van der Waals surface area contributed by atoms with Gasteiger partial charge in [0.2, 0.25) is 0 Å². The summed E-state index contributed by atoms with van der Waals surface area (Å²) in [5.74, 6) is 0. The van der Waals surface area contributed by atoms with Crippen LogP contribution >= 0.6 is 22.6 Å². The third kappa shape index (κ3) is 4.58. The van der Waals surface area contributed by atoms with Gasteiger partial charge >= 0.3 is 0 Å². The van der Waals surface area contributed by atoms with Gasteiger partial charge < -0.3 is 10.1 Å². The molecule has 4 heteroatoms. The summed E-state index contributed by atoms with van der Waals surface area (Å²) in [6.07, 6.45) is 2.47. The lowest BCUT2D eigenvalue weighted by atomic mass is 9.87. The summed E-state index contributed by atoms with van der Waals surface area (Å²) in [6.45, 7) is 5.70. The van der Waals surface area contributed by atoms with Crippen LogP contribution in [0.5, 0.6) is 0 Å². The second-order valence-corrected chi connectivity index (χ2v) is 5.36. The van der Waals surface area contributed by atoms with Gasteiger partial charge in [0, 0.05) is 18.7 Å². The molecule has 1 aliphatic carbocycles. The molecule has 78 valence electrons. The van der Waals surface area contributed by atoms with Crippen molar-refractivity contribution >= 4 is 22.6 Å². The van der Waals surface area contributed by atoms with Crippen LogP contribution in [0.15, 0.2) is 0 Å². The van der Waals surface area contributed by atoms with Crippen LogP contribution in [0.25, 0.3) is 0 Å². The predicted octanol–water partition coefficient (Wildman–Crippen LogP) is 1.47. The highest BCUT2D eigenvalue weighted by atomic mass is 127. The van der Waals surface area contributed by atoms with Gasteiger partial charge in [-0.15, -0.1) is 0 Å². The monoisotopic (exact) mass is 298 g/mol. The largest absolute Gasteiger partial charge is 0.367 e. The Hall–Kier alpha value is 0.610. The lowest BCUT2D eigenvalue weighted by molar-refractivity contribution is 0.0998. The van der Waals surface area contributed by atoms with Crippen LogP contribution in [-0.2, 0) is 4.74 Å². The summed E-state index contributed by atoms with van der Waals surface area (Å²) >= 11 is 2.40. The molecule has 0 aliphatic heterocycles. The van der Waals surface area contributed by atoms with Crippen molar-refractivity contribution in [3.8, 4) is 0 Å². The van der Waals surface area contributed by atoms with E-state index in [1.807, 2.05) is 6.92 Å². The summed E-state index contributed by atoms with van der Waals surface area (Å²) in [4.78, 5) is 0. The Morgan fingerprint density at radius 2 is 2.15 bits per heavy atom. The van der Waals surface area contributed by atoms with Crippen molar-refractivity contribution in [2.24, 2.45) is 0 Å². The van der Waals surface area contributed by atoms with Gasteiger partial charge in [-0.05, 0) is 26.7 Å². The van der Waals surface area contributed by atoms with Crippen LogP contribution < -0.4 is 10.6 Å². The molecule has 0 spiro atoms. The fourth-order valence-electron chi connectivity index (χ4n) is 1.52. The Morgan fingerprint density at radius 1 is 1.46 bits per heavy atom. The summed E-state index contributed by atoms with van der Waals surface area (Å²) in [6, 6.07) is 1.38. The Balaban J connectivity index is 1.92. The van der Waals surface area contributed by atoms with E-state index in [2.05, 4.69) is 40.1 Å². The third-order valence-corrected chi connectivity index (χ3v) is 2.64. The van der Waals surface area contributed by atoms with Crippen LogP contribution in [0.2, 0.25) is 0 Å². The molecule has 1 fully saturated rings. The normalized spacial score (nSPS) is 29.8. The van der Waals surface area contributed by atoms with Crippen molar-refractivity contribution in [2.75, 3.05) is 13.3 Å². The number of hydrogen-bond acceptors (Lipinski definition) is 3. The molecule has 1 atom stereocenters. The highest BCUT2D eigenvalue weighted by Crippen LogP contribution is 2.20. The fourth-order valence-corrected chi connectivity index (χ4v) is 2.03. The molecule has 3 nitrogen and oxygen atoms in total. The van der Waals surface area contributed by atoms with Gasteiger partial charge in [-0.3, -0.25) is 5.32 Å². The van der Waals surface area contributed by atoms with Gasteiger partial charge in [-0.2, -0.15) is 0 Å². The first-order valence-corrected chi connectivity index (χ1v) is 6.18. The SMILES string of the molecule is CCOCNC1CC(NC(C)I)C1. The van der Waals surface area contributed by atoms with Crippen LogP contribution in [0, 0.1) is 0 Å². The molecular formula is C9H19IN2O. The number of alkyl halides is 1. The zero-order valence-electron chi connectivity index (χ0n) is 8.35. The number of ether oxygens (including phenoxy) is 1. The highest BCUT2D eigenvalue weighted by Gasteiger charge is 2.28. The lowest BCUT2D eigenvalue weighted by Gasteiger charge is -2.37. The van der Waals surface area contributed by atoms with E-state index in [9.17, 15) is 0 Å². The van der Waals surface area contributed by atoms with Crippen molar-refractivity contribution in [2.45, 2.75) is 42.8 Å². The van der Waals surface area contributed by atoms with Crippen molar-refractivity contribution in [3.63, 3.8) is 0 Å². The van der Waals surface area contributed by atoms with E-state index >= 15 is 0 Å². The first kappa shape index (κ1) is 11.7. The molecule has 0 bridgehead atoms. The van der Waals surface area contributed by atoms with Crippen molar-refractivity contribution < 1.29 is 4.74 Å². The fraction of sp³-hybridized carbons (Fsp3) is 1.00. The zero-order chi connectivity index (χ0) is 9.68. The molecule has 1 unspecified atom stereocenters. The second-order valence-electron chi connectivity index (χ2n) is 3.49. The predicted molar refractivity (Wildman–Crippen MR) is 63.1 cm³/mol.